The van der Waals surface area contributed by atoms with Gasteiger partial charge in [-0.1, -0.05) is 23.2 Å². The van der Waals surface area contributed by atoms with Crippen molar-refractivity contribution in [1.29, 1.82) is 0 Å². The number of amides is 1. The largest absolute Gasteiger partial charge is 0.494 e. The Morgan fingerprint density at radius 3 is 2.38 bits per heavy atom. The highest BCUT2D eigenvalue weighted by Crippen LogP contribution is 2.36. The van der Waals surface area contributed by atoms with Crippen LogP contribution in [0.2, 0.25) is 10.0 Å². The number of hydrogen-bond acceptors (Lipinski definition) is 2. The molecule has 1 aromatic rings. The number of hydrogen-bond donors (Lipinski definition) is 1. The summed E-state index contributed by atoms with van der Waals surface area (Å²) < 4.78 is 5.02. The number of nitrogens with one attached hydrogen (secondary N) is 1. The first-order chi connectivity index (χ1) is 7.61. The molecule has 3 nitrogen and oxygen atoms in total. The molecule has 1 saturated carbocycles. The second-order valence-electron chi connectivity index (χ2n) is 3.74. The molecule has 0 unspecified atom stereocenters. The van der Waals surface area contributed by atoms with E-state index in [1.807, 2.05) is 0 Å². The maximum atomic E-state index is 11.5. The van der Waals surface area contributed by atoms with E-state index in [2.05, 4.69) is 5.32 Å². The topological polar surface area (TPSA) is 38.3 Å². The molecule has 5 heteroatoms. The molecule has 1 aromatic carbocycles. The lowest BCUT2D eigenvalue weighted by molar-refractivity contribution is -0.117. The van der Waals surface area contributed by atoms with E-state index in [0.29, 0.717) is 21.5 Å². The lowest BCUT2D eigenvalue weighted by Gasteiger charge is -2.09. The molecular weight excluding hydrogens is 249 g/mol. The van der Waals surface area contributed by atoms with Crippen LogP contribution >= 0.6 is 23.2 Å². The summed E-state index contributed by atoms with van der Waals surface area (Å²) in [6.07, 6.45) is 1.92. The third-order valence-corrected chi connectivity index (χ3v) is 2.98. The number of ether oxygens (including phenoxy) is 1. The number of carbonyl (C=O) groups excluding carboxylic acids is 1. The van der Waals surface area contributed by atoms with Crippen molar-refractivity contribution in [2.75, 3.05) is 12.4 Å². The molecule has 0 saturated heterocycles. The standard InChI is InChI=1S/C11H11Cl2NO2/c1-16-10-8(12)4-7(5-9(10)13)14-11(15)6-2-3-6/h4-6H,2-3H2,1H3,(H,14,15). The number of carbonyl (C=O) groups is 1. The molecule has 0 aliphatic heterocycles. The molecule has 1 N–H and O–H groups in total. The summed E-state index contributed by atoms with van der Waals surface area (Å²) in [5.41, 5.74) is 0.604. The maximum absolute atomic E-state index is 11.5. The van der Waals surface area contributed by atoms with Gasteiger partial charge in [0.25, 0.3) is 0 Å². The Hall–Kier alpha value is -0.930. The van der Waals surface area contributed by atoms with Gasteiger partial charge in [-0.15, -0.1) is 0 Å². The van der Waals surface area contributed by atoms with Crippen molar-refractivity contribution in [3.8, 4) is 5.75 Å². The van der Waals surface area contributed by atoms with E-state index in [4.69, 9.17) is 27.9 Å². The van der Waals surface area contributed by atoms with Crippen LogP contribution < -0.4 is 10.1 Å². The van der Waals surface area contributed by atoms with E-state index in [-0.39, 0.29) is 11.8 Å². The Kier molecular flexibility index (Phi) is 3.26. The first-order valence-electron chi connectivity index (χ1n) is 4.95. The Balaban J connectivity index is 2.18. The molecule has 0 bridgehead atoms. The SMILES string of the molecule is COc1c(Cl)cc(NC(=O)C2CC2)cc1Cl. The second-order valence-corrected chi connectivity index (χ2v) is 4.55. The fraction of sp³-hybridized carbons (Fsp3) is 0.364. The van der Waals surface area contributed by atoms with Crippen molar-refractivity contribution in [3.63, 3.8) is 0 Å². The number of halogens is 2. The van der Waals surface area contributed by atoms with E-state index in [0.717, 1.165) is 12.8 Å². The highest BCUT2D eigenvalue weighted by Gasteiger charge is 2.29. The number of benzene rings is 1. The first kappa shape index (κ1) is 11.6. The Morgan fingerprint density at radius 2 is 1.94 bits per heavy atom. The summed E-state index contributed by atoms with van der Waals surface area (Å²) in [5.74, 6) is 0.602. The lowest BCUT2D eigenvalue weighted by atomic mass is 10.3. The molecule has 86 valence electrons. The minimum absolute atomic E-state index is 0.0253. The van der Waals surface area contributed by atoms with Crippen LogP contribution in [0.3, 0.4) is 0 Å². The van der Waals surface area contributed by atoms with Crippen LogP contribution in [0.5, 0.6) is 5.75 Å². The van der Waals surface area contributed by atoms with Crippen molar-refractivity contribution in [2.45, 2.75) is 12.8 Å². The van der Waals surface area contributed by atoms with Crippen molar-refractivity contribution in [1.82, 2.24) is 0 Å². The zero-order valence-electron chi connectivity index (χ0n) is 8.72. The third kappa shape index (κ3) is 2.42. The molecule has 1 aliphatic carbocycles. The third-order valence-electron chi connectivity index (χ3n) is 2.42. The van der Waals surface area contributed by atoms with Gasteiger partial charge in [-0.2, -0.15) is 0 Å². The molecule has 0 aromatic heterocycles. The zero-order chi connectivity index (χ0) is 11.7. The first-order valence-corrected chi connectivity index (χ1v) is 5.71. The summed E-state index contributed by atoms with van der Waals surface area (Å²) in [6, 6.07) is 3.26. The monoisotopic (exact) mass is 259 g/mol. The van der Waals surface area contributed by atoms with Gasteiger partial charge in [0.15, 0.2) is 5.75 Å². The summed E-state index contributed by atoms with van der Waals surface area (Å²) in [6.45, 7) is 0. The quantitative estimate of drug-likeness (QED) is 0.904. The molecule has 0 heterocycles. The Morgan fingerprint density at radius 1 is 1.38 bits per heavy atom. The maximum Gasteiger partial charge on any atom is 0.227 e. The molecule has 0 spiro atoms. The smallest absolute Gasteiger partial charge is 0.227 e. The molecule has 0 radical (unpaired) electrons. The fourth-order valence-corrected chi connectivity index (χ4v) is 2.06. The molecule has 1 amide bonds. The van der Waals surface area contributed by atoms with E-state index < -0.39 is 0 Å². The minimum Gasteiger partial charge on any atom is -0.494 e. The zero-order valence-corrected chi connectivity index (χ0v) is 10.2. The molecular formula is C11H11Cl2NO2. The summed E-state index contributed by atoms with van der Waals surface area (Å²) in [4.78, 5) is 11.5. The van der Waals surface area contributed by atoms with Gasteiger partial charge in [0.1, 0.15) is 0 Å². The van der Waals surface area contributed by atoms with E-state index in [1.165, 1.54) is 7.11 Å². The van der Waals surface area contributed by atoms with Crippen molar-refractivity contribution < 1.29 is 9.53 Å². The minimum atomic E-state index is 0.0253. The van der Waals surface area contributed by atoms with Crippen LogP contribution in [0.15, 0.2) is 12.1 Å². The van der Waals surface area contributed by atoms with Crippen LogP contribution in [0.25, 0.3) is 0 Å². The predicted octanol–water partition coefficient (Wildman–Crippen LogP) is 3.35. The van der Waals surface area contributed by atoms with E-state index in [9.17, 15) is 4.79 Å². The van der Waals surface area contributed by atoms with Gasteiger partial charge in [0.2, 0.25) is 5.91 Å². The van der Waals surface area contributed by atoms with Crippen LogP contribution in [0, 0.1) is 5.92 Å². The normalized spacial score (nSPS) is 14.7. The van der Waals surface area contributed by atoms with E-state index in [1.54, 1.807) is 12.1 Å². The lowest BCUT2D eigenvalue weighted by Crippen LogP contribution is -2.13. The molecule has 1 fully saturated rings. The molecule has 16 heavy (non-hydrogen) atoms. The van der Waals surface area contributed by atoms with Gasteiger partial charge >= 0.3 is 0 Å². The van der Waals surface area contributed by atoms with Crippen molar-refractivity contribution >= 4 is 34.8 Å². The number of anilines is 1. The average molecular weight is 260 g/mol. The van der Waals surface area contributed by atoms with Gasteiger partial charge in [0, 0.05) is 11.6 Å². The van der Waals surface area contributed by atoms with Gasteiger partial charge in [0.05, 0.1) is 17.2 Å². The number of methoxy groups -OCH3 is 1. The van der Waals surface area contributed by atoms with Crippen LogP contribution in [-0.2, 0) is 4.79 Å². The average Bonchev–Trinajstić information content (AvgIpc) is 2.99. The summed E-state index contributed by atoms with van der Waals surface area (Å²) >= 11 is 11.9. The van der Waals surface area contributed by atoms with Crippen LogP contribution in [0.4, 0.5) is 5.69 Å². The Labute approximate surface area is 104 Å². The van der Waals surface area contributed by atoms with Gasteiger partial charge < -0.3 is 10.1 Å². The van der Waals surface area contributed by atoms with Crippen LogP contribution in [0.1, 0.15) is 12.8 Å². The summed E-state index contributed by atoms with van der Waals surface area (Å²) in [5, 5.41) is 3.55. The van der Waals surface area contributed by atoms with Crippen molar-refractivity contribution in [3.05, 3.63) is 22.2 Å². The molecule has 1 aliphatic rings. The van der Waals surface area contributed by atoms with Gasteiger partial charge in [-0.05, 0) is 25.0 Å². The predicted molar refractivity (Wildman–Crippen MR) is 64.4 cm³/mol. The molecule has 0 atom stereocenters. The summed E-state index contributed by atoms with van der Waals surface area (Å²) in [7, 11) is 1.50. The highest BCUT2D eigenvalue weighted by atomic mass is 35.5. The van der Waals surface area contributed by atoms with Gasteiger partial charge in [-0.3, -0.25) is 4.79 Å². The highest BCUT2D eigenvalue weighted by molar-refractivity contribution is 6.37. The van der Waals surface area contributed by atoms with Crippen molar-refractivity contribution in [2.24, 2.45) is 5.92 Å². The Bertz CT molecular complexity index is 407. The number of rotatable bonds is 3. The van der Waals surface area contributed by atoms with Crippen LogP contribution in [-0.4, -0.2) is 13.0 Å². The molecule has 2 rings (SSSR count). The van der Waals surface area contributed by atoms with E-state index >= 15 is 0 Å². The van der Waals surface area contributed by atoms with Gasteiger partial charge in [-0.25, -0.2) is 0 Å². The second kappa shape index (κ2) is 4.52. The fourth-order valence-electron chi connectivity index (χ4n) is 1.42.